The van der Waals surface area contributed by atoms with Crippen molar-refractivity contribution < 1.29 is 0 Å². The lowest BCUT2D eigenvalue weighted by Gasteiger charge is -2.43. The van der Waals surface area contributed by atoms with Crippen molar-refractivity contribution in [2.75, 3.05) is 31.1 Å². The summed E-state index contributed by atoms with van der Waals surface area (Å²) in [6.07, 6.45) is 1.41. The molecule has 0 aromatic heterocycles. The molecule has 0 aliphatic carbocycles. The quantitative estimate of drug-likeness (QED) is 0.917. The van der Waals surface area contributed by atoms with Gasteiger partial charge in [-0.25, -0.2) is 0 Å². The minimum atomic E-state index is 0.548. The first-order valence-electron chi connectivity index (χ1n) is 8.34. The average molecular weight is 305 g/mol. The van der Waals surface area contributed by atoms with Gasteiger partial charge in [0, 0.05) is 31.7 Å². The highest BCUT2D eigenvalue weighted by molar-refractivity contribution is 7.99. The SMILES string of the molecule is CC(C)C1CN(CC2CCSC2)C(c2ccccc2)CN1. The normalized spacial score (nSPS) is 30.9. The largest absolute Gasteiger partial charge is 0.311 e. The fraction of sp³-hybridized carbons (Fsp3) is 0.667. The number of thioether (sulfide) groups is 1. The molecule has 2 fully saturated rings. The van der Waals surface area contributed by atoms with Crippen LogP contribution in [0.25, 0.3) is 0 Å². The summed E-state index contributed by atoms with van der Waals surface area (Å²) in [4.78, 5) is 2.76. The van der Waals surface area contributed by atoms with Gasteiger partial charge < -0.3 is 5.32 Å². The van der Waals surface area contributed by atoms with E-state index < -0.39 is 0 Å². The molecule has 3 heteroatoms. The third-order valence-electron chi connectivity index (χ3n) is 4.95. The van der Waals surface area contributed by atoms with Crippen molar-refractivity contribution in [1.29, 1.82) is 0 Å². The van der Waals surface area contributed by atoms with E-state index in [9.17, 15) is 0 Å². The van der Waals surface area contributed by atoms with Crippen molar-refractivity contribution in [1.82, 2.24) is 10.2 Å². The monoisotopic (exact) mass is 304 g/mol. The maximum Gasteiger partial charge on any atom is 0.0473 e. The molecule has 0 radical (unpaired) electrons. The fourth-order valence-corrected chi connectivity index (χ4v) is 4.82. The second-order valence-electron chi connectivity index (χ2n) is 6.87. The van der Waals surface area contributed by atoms with E-state index in [1.807, 2.05) is 0 Å². The molecule has 1 aromatic rings. The summed E-state index contributed by atoms with van der Waals surface area (Å²) in [6, 6.07) is 12.2. The van der Waals surface area contributed by atoms with Crippen LogP contribution in [0.3, 0.4) is 0 Å². The van der Waals surface area contributed by atoms with Crippen LogP contribution in [0.5, 0.6) is 0 Å². The number of hydrogen-bond acceptors (Lipinski definition) is 3. The number of nitrogens with one attached hydrogen (secondary N) is 1. The maximum absolute atomic E-state index is 3.78. The third kappa shape index (κ3) is 3.82. The first-order valence-corrected chi connectivity index (χ1v) is 9.49. The minimum Gasteiger partial charge on any atom is -0.311 e. The van der Waals surface area contributed by atoms with Crippen molar-refractivity contribution in [2.45, 2.75) is 32.4 Å². The Hall–Kier alpha value is -0.510. The molecule has 21 heavy (non-hydrogen) atoms. The summed E-state index contributed by atoms with van der Waals surface area (Å²) in [5.74, 6) is 4.33. The Morgan fingerprint density at radius 1 is 1.29 bits per heavy atom. The predicted octanol–water partition coefficient (Wildman–Crippen LogP) is 3.41. The van der Waals surface area contributed by atoms with E-state index in [0.717, 1.165) is 12.5 Å². The fourth-order valence-electron chi connectivity index (χ4n) is 3.55. The zero-order valence-corrected chi connectivity index (χ0v) is 14.1. The molecule has 2 saturated heterocycles. The topological polar surface area (TPSA) is 15.3 Å². The molecule has 1 aromatic carbocycles. The van der Waals surface area contributed by atoms with Gasteiger partial charge in [0.05, 0.1) is 0 Å². The second kappa shape index (κ2) is 7.17. The Morgan fingerprint density at radius 2 is 2.10 bits per heavy atom. The predicted molar refractivity (Wildman–Crippen MR) is 92.8 cm³/mol. The van der Waals surface area contributed by atoms with Crippen molar-refractivity contribution in [2.24, 2.45) is 11.8 Å². The second-order valence-corrected chi connectivity index (χ2v) is 8.02. The zero-order valence-electron chi connectivity index (χ0n) is 13.3. The van der Waals surface area contributed by atoms with Crippen LogP contribution < -0.4 is 5.32 Å². The first kappa shape index (κ1) is 15.4. The Bertz CT molecular complexity index is 426. The molecule has 2 aliphatic rings. The van der Waals surface area contributed by atoms with Gasteiger partial charge in [0.25, 0.3) is 0 Å². The molecule has 0 saturated carbocycles. The van der Waals surface area contributed by atoms with Crippen molar-refractivity contribution in [3.63, 3.8) is 0 Å². The molecule has 2 nitrogen and oxygen atoms in total. The van der Waals surface area contributed by atoms with Gasteiger partial charge in [-0.1, -0.05) is 44.2 Å². The van der Waals surface area contributed by atoms with Gasteiger partial charge in [0.15, 0.2) is 0 Å². The van der Waals surface area contributed by atoms with E-state index in [2.05, 4.69) is 66.2 Å². The highest BCUT2D eigenvalue weighted by atomic mass is 32.2. The van der Waals surface area contributed by atoms with Crippen LogP contribution >= 0.6 is 11.8 Å². The molecule has 0 amide bonds. The lowest BCUT2D eigenvalue weighted by Crippen LogP contribution is -2.55. The Morgan fingerprint density at radius 3 is 2.76 bits per heavy atom. The number of hydrogen-bond donors (Lipinski definition) is 1. The lowest BCUT2D eigenvalue weighted by atomic mass is 9.94. The van der Waals surface area contributed by atoms with Crippen LogP contribution in [0.2, 0.25) is 0 Å². The molecular weight excluding hydrogens is 276 g/mol. The summed E-state index contributed by atoms with van der Waals surface area (Å²) >= 11 is 2.13. The van der Waals surface area contributed by atoms with Crippen molar-refractivity contribution >= 4 is 11.8 Å². The van der Waals surface area contributed by atoms with Crippen LogP contribution in [-0.2, 0) is 0 Å². The molecule has 116 valence electrons. The van der Waals surface area contributed by atoms with Gasteiger partial charge >= 0.3 is 0 Å². The van der Waals surface area contributed by atoms with Gasteiger partial charge in [-0.2, -0.15) is 11.8 Å². The van der Waals surface area contributed by atoms with Crippen LogP contribution in [0.15, 0.2) is 30.3 Å². The van der Waals surface area contributed by atoms with Crippen LogP contribution in [0.4, 0.5) is 0 Å². The van der Waals surface area contributed by atoms with Crippen molar-refractivity contribution in [3.05, 3.63) is 35.9 Å². The van der Waals surface area contributed by atoms with Crippen LogP contribution in [0, 0.1) is 11.8 Å². The van der Waals surface area contributed by atoms with E-state index in [1.54, 1.807) is 0 Å². The highest BCUT2D eigenvalue weighted by Crippen LogP contribution is 2.30. The van der Waals surface area contributed by atoms with E-state index in [0.29, 0.717) is 18.0 Å². The van der Waals surface area contributed by atoms with Gasteiger partial charge in [-0.15, -0.1) is 0 Å². The molecule has 0 bridgehead atoms. The van der Waals surface area contributed by atoms with Crippen molar-refractivity contribution in [3.8, 4) is 0 Å². The van der Waals surface area contributed by atoms with E-state index in [1.165, 1.54) is 36.6 Å². The van der Waals surface area contributed by atoms with Crippen LogP contribution in [-0.4, -0.2) is 42.1 Å². The molecule has 2 aliphatic heterocycles. The van der Waals surface area contributed by atoms with Crippen LogP contribution in [0.1, 0.15) is 31.9 Å². The summed E-state index contributed by atoms with van der Waals surface area (Å²) < 4.78 is 0. The highest BCUT2D eigenvalue weighted by Gasteiger charge is 2.32. The van der Waals surface area contributed by atoms with E-state index >= 15 is 0 Å². The summed E-state index contributed by atoms with van der Waals surface area (Å²) in [6.45, 7) is 8.23. The van der Waals surface area contributed by atoms with Gasteiger partial charge in [0.1, 0.15) is 0 Å². The first-order chi connectivity index (χ1) is 10.2. The number of rotatable bonds is 4. The number of benzene rings is 1. The summed E-state index contributed by atoms with van der Waals surface area (Å²) in [7, 11) is 0. The summed E-state index contributed by atoms with van der Waals surface area (Å²) in [5.41, 5.74) is 1.47. The van der Waals surface area contributed by atoms with E-state index in [-0.39, 0.29) is 0 Å². The number of piperazine rings is 1. The molecule has 2 heterocycles. The van der Waals surface area contributed by atoms with E-state index in [4.69, 9.17) is 0 Å². The Balaban J connectivity index is 1.73. The van der Waals surface area contributed by atoms with Gasteiger partial charge in [-0.05, 0) is 35.3 Å². The maximum atomic E-state index is 3.78. The Labute approximate surface area is 133 Å². The van der Waals surface area contributed by atoms with Gasteiger partial charge in [0.2, 0.25) is 0 Å². The average Bonchev–Trinajstić information content (AvgIpc) is 3.01. The molecule has 1 N–H and O–H groups in total. The molecule has 3 unspecified atom stereocenters. The minimum absolute atomic E-state index is 0.548. The zero-order chi connectivity index (χ0) is 14.7. The molecule has 3 atom stereocenters. The standard InChI is InChI=1S/C18H28N2S/c1-14(2)17-12-20(11-15-8-9-21-13-15)18(10-19-17)16-6-4-3-5-7-16/h3-7,14-15,17-19H,8-13H2,1-2H3. The third-order valence-corrected chi connectivity index (χ3v) is 6.18. The Kier molecular flexibility index (Phi) is 5.25. The number of nitrogens with zero attached hydrogens (tertiary/aromatic N) is 1. The molecular formula is C18H28N2S. The molecule has 3 rings (SSSR count). The smallest absolute Gasteiger partial charge is 0.0473 e. The van der Waals surface area contributed by atoms with Gasteiger partial charge in [-0.3, -0.25) is 4.90 Å². The summed E-state index contributed by atoms with van der Waals surface area (Å²) in [5, 5.41) is 3.78. The molecule has 0 spiro atoms. The lowest BCUT2D eigenvalue weighted by molar-refractivity contribution is 0.0989.